The Morgan fingerprint density at radius 2 is 1.97 bits per heavy atom. The van der Waals surface area contributed by atoms with Gasteiger partial charge in [0.15, 0.2) is 11.5 Å². The van der Waals surface area contributed by atoms with E-state index >= 15 is 0 Å². The Morgan fingerprint density at radius 1 is 1.09 bits per heavy atom. The van der Waals surface area contributed by atoms with E-state index in [9.17, 15) is 4.79 Å². The van der Waals surface area contributed by atoms with Gasteiger partial charge in [0.1, 0.15) is 11.1 Å². The highest BCUT2D eigenvalue weighted by Crippen LogP contribution is 2.42. The van der Waals surface area contributed by atoms with Crippen molar-refractivity contribution in [2.75, 3.05) is 12.4 Å². The topological polar surface area (TPSA) is 65.4 Å². The molecule has 160 valence electrons. The van der Waals surface area contributed by atoms with E-state index < -0.39 is 0 Å². The lowest BCUT2D eigenvalue weighted by Crippen LogP contribution is -2.13. The van der Waals surface area contributed by atoms with Crippen molar-refractivity contribution in [1.82, 2.24) is 9.55 Å². The summed E-state index contributed by atoms with van der Waals surface area (Å²) in [6.45, 7) is 0. The molecule has 0 radical (unpaired) electrons. The van der Waals surface area contributed by atoms with E-state index in [1.807, 2.05) is 67.0 Å². The number of methoxy groups -OCH3 is 1. The second-order valence-corrected chi connectivity index (χ2v) is 8.34. The highest BCUT2D eigenvalue weighted by molar-refractivity contribution is 7.99. The molecule has 1 aliphatic rings. The largest absolute Gasteiger partial charge is 0.493 e. The van der Waals surface area contributed by atoms with Crippen molar-refractivity contribution in [2.24, 2.45) is 0 Å². The second kappa shape index (κ2) is 8.80. The summed E-state index contributed by atoms with van der Waals surface area (Å²) in [4.78, 5) is 17.3. The summed E-state index contributed by atoms with van der Waals surface area (Å²) in [7, 11) is 1.60. The molecule has 0 fully saturated rings. The number of nitrogens with zero attached hydrogens (tertiary/aromatic N) is 2. The average molecular weight is 444 g/mol. The van der Waals surface area contributed by atoms with Gasteiger partial charge in [-0.1, -0.05) is 24.3 Å². The first-order valence-electron chi connectivity index (χ1n) is 10.2. The van der Waals surface area contributed by atoms with Crippen LogP contribution in [-0.2, 0) is 5.75 Å². The van der Waals surface area contributed by atoms with Gasteiger partial charge in [0.05, 0.1) is 12.7 Å². The maximum atomic E-state index is 13.0. The van der Waals surface area contributed by atoms with Gasteiger partial charge in [0.2, 0.25) is 0 Å². The van der Waals surface area contributed by atoms with Gasteiger partial charge in [-0.15, -0.1) is 11.8 Å². The third-order valence-corrected chi connectivity index (χ3v) is 6.51. The van der Waals surface area contributed by atoms with E-state index in [0.29, 0.717) is 28.5 Å². The Kier molecular flexibility index (Phi) is 5.56. The van der Waals surface area contributed by atoms with Gasteiger partial charge in [0.25, 0.3) is 5.91 Å². The first-order valence-corrected chi connectivity index (χ1v) is 11.2. The van der Waals surface area contributed by atoms with E-state index in [4.69, 9.17) is 9.47 Å². The van der Waals surface area contributed by atoms with Crippen molar-refractivity contribution in [3.05, 3.63) is 102 Å². The van der Waals surface area contributed by atoms with Gasteiger partial charge in [-0.3, -0.25) is 9.78 Å². The molecule has 4 aromatic rings. The summed E-state index contributed by atoms with van der Waals surface area (Å²) >= 11 is 1.79. The van der Waals surface area contributed by atoms with Gasteiger partial charge in [-0.05, 0) is 36.4 Å². The van der Waals surface area contributed by atoms with Crippen LogP contribution in [-0.4, -0.2) is 22.6 Å². The third kappa shape index (κ3) is 3.94. The van der Waals surface area contributed by atoms with E-state index in [1.165, 1.54) is 0 Å². The van der Waals surface area contributed by atoms with Gasteiger partial charge in [-0.2, -0.15) is 0 Å². The van der Waals surface area contributed by atoms with Crippen LogP contribution in [0.1, 0.15) is 27.0 Å². The maximum Gasteiger partial charge on any atom is 0.257 e. The highest BCUT2D eigenvalue weighted by Gasteiger charge is 2.28. The van der Waals surface area contributed by atoms with Crippen molar-refractivity contribution in [3.8, 4) is 17.2 Å². The van der Waals surface area contributed by atoms with E-state index in [-0.39, 0.29) is 11.3 Å². The Balaban J connectivity index is 1.33. The van der Waals surface area contributed by atoms with Crippen molar-refractivity contribution < 1.29 is 14.3 Å². The number of carbonyl (C=O) groups is 1. The number of para-hydroxylation sites is 2. The number of benzene rings is 2. The lowest BCUT2D eigenvalue weighted by Gasteiger charge is -2.12. The molecule has 0 saturated carbocycles. The number of hydrogen-bond donors (Lipinski definition) is 1. The van der Waals surface area contributed by atoms with Crippen LogP contribution in [0.15, 0.2) is 85.3 Å². The fraction of sp³-hybridized carbons (Fsp3) is 0.120. The zero-order chi connectivity index (χ0) is 21.9. The quantitative estimate of drug-likeness (QED) is 0.412. The van der Waals surface area contributed by atoms with Crippen LogP contribution in [0.25, 0.3) is 0 Å². The molecule has 5 rings (SSSR count). The molecule has 2 aromatic heterocycles. The minimum absolute atomic E-state index is 0.137. The SMILES string of the molecule is COc1ccccc1Oc1cccc(NC(=O)c2ccn3c2CSC3c2cccnc2)c1. The number of carbonyl (C=O) groups excluding carboxylic acids is 1. The molecule has 1 N–H and O–H groups in total. The molecule has 0 bridgehead atoms. The molecule has 0 spiro atoms. The number of anilines is 1. The number of thioether (sulfide) groups is 1. The van der Waals surface area contributed by atoms with Crippen molar-refractivity contribution in [3.63, 3.8) is 0 Å². The standard InChI is InChI=1S/C25H21N3O3S/c1-30-22-9-2-3-10-23(22)31-19-8-4-7-18(14-19)27-24(29)20-11-13-28-21(20)16-32-25(28)17-6-5-12-26-15-17/h2-15,25H,16H2,1H3,(H,27,29). The molecule has 2 aromatic carbocycles. The Labute approximate surface area is 190 Å². The summed E-state index contributed by atoms with van der Waals surface area (Å²) in [5.41, 5.74) is 3.49. The maximum absolute atomic E-state index is 13.0. The van der Waals surface area contributed by atoms with Gasteiger partial charge in [-0.25, -0.2) is 0 Å². The van der Waals surface area contributed by atoms with Crippen LogP contribution in [0.5, 0.6) is 17.2 Å². The summed E-state index contributed by atoms with van der Waals surface area (Å²) in [5, 5.41) is 3.14. The summed E-state index contributed by atoms with van der Waals surface area (Å²) in [6, 6.07) is 20.7. The molecule has 1 aliphatic heterocycles. The Bertz CT molecular complexity index is 1260. The van der Waals surface area contributed by atoms with Crippen LogP contribution in [0.2, 0.25) is 0 Å². The predicted octanol–water partition coefficient (Wildman–Crippen LogP) is 5.73. The highest BCUT2D eigenvalue weighted by atomic mass is 32.2. The minimum atomic E-state index is -0.138. The Morgan fingerprint density at radius 3 is 2.78 bits per heavy atom. The number of hydrogen-bond acceptors (Lipinski definition) is 5. The number of ether oxygens (including phenoxy) is 2. The second-order valence-electron chi connectivity index (χ2n) is 7.27. The monoisotopic (exact) mass is 443 g/mol. The van der Waals surface area contributed by atoms with Crippen LogP contribution in [0.3, 0.4) is 0 Å². The van der Waals surface area contributed by atoms with Crippen LogP contribution in [0, 0.1) is 0 Å². The zero-order valence-electron chi connectivity index (χ0n) is 17.4. The first-order chi connectivity index (χ1) is 15.7. The van der Waals surface area contributed by atoms with Crippen molar-refractivity contribution in [2.45, 2.75) is 11.1 Å². The van der Waals surface area contributed by atoms with Crippen molar-refractivity contribution in [1.29, 1.82) is 0 Å². The molecule has 32 heavy (non-hydrogen) atoms. The minimum Gasteiger partial charge on any atom is -0.493 e. The van der Waals surface area contributed by atoms with Crippen LogP contribution < -0.4 is 14.8 Å². The molecule has 6 nitrogen and oxygen atoms in total. The predicted molar refractivity (Wildman–Crippen MR) is 126 cm³/mol. The summed E-state index contributed by atoms with van der Waals surface area (Å²) in [6.07, 6.45) is 5.62. The number of aromatic nitrogens is 2. The van der Waals surface area contributed by atoms with Crippen LogP contribution in [0.4, 0.5) is 5.69 Å². The Hall–Kier alpha value is -3.71. The van der Waals surface area contributed by atoms with E-state index in [1.54, 1.807) is 31.1 Å². The van der Waals surface area contributed by atoms with Gasteiger partial charge < -0.3 is 19.4 Å². The van der Waals surface area contributed by atoms with Crippen molar-refractivity contribution >= 4 is 23.4 Å². The summed E-state index contributed by atoms with van der Waals surface area (Å²) in [5.74, 6) is 2.50. The van der Waals surface area contributed by atoms with E-state index in [0.717, 1.165) is 17.0 Å². The molecular formula is C25H21N3O3S. The normalized spacial score (nSPS) is 14.6. The molecular weight excluding hydrogens is 422 g/mol. The first kappa shape index (κ1) is 20.2. The third-order valence-electron chi connectivity index (χ3n) is 5.26. The summed E-state index contributed by atoms with van der Waals surface area (Å²) < 4.78 is 13.5. The lowest BCUT2D eigenvalue weighted by molar-refractivity contribution is 0.102. The molecule has 1 unspecified atom stereocenters. The van der Waals surface area contributed by atoms with E-state index in [2.05, 4.69) is 20.9 Å². The number of amides is 1. The molecule has 1 atom stereocenters. The fourth-order valence-corrected chi connectivity index (χ4v) is 5.05. The average Bonchev–Trinajstić information content (AvgIpc) is 3.43. The zero-order valence-corrected chi connectivity index (χ0v) is 18.2. The molecule has 3 heterocycles. The van der Waals surface area contributed by atoms with Gasteiger partial charge >= 0.3 is 0 Å². The molecule has 1 amide bonds. The number of rotatable bonds is 6. The lowest BCUT2D eigenvalue weighted by atomic mass is 10.2. The number of fused-ring (bicyclic) bond motifs is 1. The number of nitrogens with one attached hydrogen (secondary N) is 1. The molecule has 0 aliphatic carbocycles. The van der Waals surface area contributed by atoms with Gasteiger partial charge in [0, 0.05) is 47.4 Å². The molecule has 7 heteroatoms. The number of pyridine rings is 1. The fourth-order valence-electron chi connectivity index (χ4n) is 3.74. The molecule has 0 saturated heterocycles. The van der Waals surface area contributed by atoms with Crippen LogP contribution >= 0.6 is 11.8 Å². The smallest absolute Gasteiger partial charge is 0.257 e.